The minimum absolute atomic E-state index is 0.0265. The van der Waals surface area contributed by atoms with Gasteiger partial charge in [0.15, 0.2) is 0 Å². The van der Waals surface area contributed by atoms with Gasteiger partial charge in [0.2, 0.25) is 5.91 Å². The van der Waals surface area contributed by atoms with E-state index < -0.39 is 0 Å². The molecule has 0 aromatic carbocycles. The highest BCUT2D eigenvalue weighted by atomic mass is 35.5. The van der Waals surface area contributed by atoms with Crippen LogP contribution in [0.3, 0.4) is 0 Å². The highest BCUT2D eigenvalue weighted by Gasteiger charge is 2.33. The molecule has 3 amide bonds. The predicted octanol–water partition coefficient (Wildman–Crippen LogP) is 3.64. The van der Waals surface area contributed by atoms with Crippen molar-refractivity contribution in [1.29, 1.82) is 0 Å². The Labute approximate surface area is 217 Å². The van der Waals surface area contributed by atoms with E-state index in [1.54, 1.807) is 6.20 Å². The van der Waals surface area contributed by atoms with Crippen molar-refractivity contribution < 1.29 is 9.59 Å². The standard InChI is InChI=1S/C26H36ClN7O2/c1-26(2)13-22-20(14-29-34(22)16-26)19-12-23(28-15-21(19)27)31-25(36)30-18-6-4-5-17(11-18)24(35)33-9-7-32(3)8-10-33/h12,14-15,17-18H,4-11,13,16H2,1-3H3,(H2,28,30,31,36)/t17-,18+/m0/s1. The molecule has 0 bridgehead atoms. The summed E-state index contributed by atoms with van der Waals surface area (Å²) in [5.41, 5.74) is 3.11. The fourth-order valence-electron chi connectivity index (χ4n) is 5.75. The Kier molecular flexibility index (Phi) is 6.96. The summed E-state index contributed by atoms with van der Waals surface area (Å²) in [5.74, 6) is 0.641. The molecule has 0 unspecified atom stereocenters. The van der Waals surface area contributed by atoms with Gasteiger partial charge in [-0.2, -0.15) is 5.10 Å². The first-order chi connectivity index (χ1) is 17.2. The zero-order valence-corrected chi connectivity index (χ0v) is 22.1. The summed E-state index contributed by atoms with van der Waals surface area (Å²) in [7, 11) is 2.09. The van der Waals surface area contributed by atoms with Crippen LogP contribution in [0.2, 0.25) is 5.02 Å². The van der Waals surface area contributed by atoms with Gasteiger partial charge < -0.3 is 15.1 Å². The third kappa shape index (κ3) is 5.37. The van der Waals surface area contributed by atoms with Gasteiger partial charge in [-0.05, 0) is 44.2 Å². The Balaban J connectivity index is 1.21. The predicted molar refractivity (Wildman–Crippen MR) is 140 cm³/mol. The number of rotatable bonds is 4. The van der Waals surface area contributed by atoms with E-state index in [1.807, 2.05) is 21.8 Å². The largest absolute Gasteiger partial charge is 0.340 e. The second-order valence-electron chi connectivity index (χ2n) is 11.3. The number of aromatic nitrogens is 3. The topological polar surface area (TPSA) is 95.4 Å². The van der Waals surface area contributed by atoms with Crippen LogP contribution >= 0.6 is 11.6 Å². The maximum absolute atomic E-state index is 13.0. The fraction of sp³-hybridized carbons (Fsp3) is 0.615. The molecule has 3 aliphatic rings. The van der Waals surface area contributed by atoms with Crippen molar-refractivity contribution in [3.05, 3.63) is 29.2 Å². The Bertz CT molecular complexity index is 1140. The third-order valence-electron chi connectivity index (χ3n) is 7.73. The monoisotopic (exact) mass is 513 g/mol. The number of amides is 3. The lowest BCUT2D eigenvalue weighted by Gasteiger charge is -2.37. The van der Waals surface area contributed by atoms with Gasteiger partial charge in [-0.3, -0.25) is 14.8 Å². The lowest BCUT2D eigenvalue weighted by molar-refractivity contribution is -0.138. The molecule has 9 nitrogen and oxygen atoms in total. The molecule has 2 aromatic heterocycles. The van der Waals surface area contributed by atoms with E-state index in [2.05, 4.69) is 46.5 Å². The molecule has 4 heterocycles. The Morgan fingerprint density at radius 1 is 1.11 bits per heavy atom. The number of likely N-dealkylation sites (N-methyl/N-ethyl adjacent to an activating group) is 1. The van der Waals surface area contributed by atoms with E-state index in [4.69, 9.17) is 11.6 Å². The van der Waals surface area contributed by atoms with E-state index in [0.29, 0.717) is 17.3 Å². The van der Waals surface area contributed by atoms with Crippen LogP contribution in [0.4, 0.5) is 10.6 Å². The van der Waals surface area contributed by atoms with Crippen LogP contribution in [0.15, 0.2) is 18.5 Å². The van der Waals surface area contributed by atoms with Gasteiger partial charge in [-0.15, -0.1) is 0 Å². The maximum atomic E-state index is 13.0. The average molecular weight is 514 g/mol. The Hall–Kier alpha value is -2.65. The molecule has 0 spiro atoms. The zero-order valence-electron chi connectivity index (χ0n) is 21.4. The van der Waals surface area contributed by atoms with Crippen LogP contribution in [0, 0.1) is 11.3 Å². The number of nitrogens with one attached hydrogen (secondary N) is 2. The lowest BCUT2D eigenvalue weighted by Crippen LogP contribution is -2.50. The van der Waals surface area contributed by atoms with E-state index in [1.165, 1.54) is 0 Å². The van der Waals surface area contributed by atoms with Gasteiger partial charge >= 0.3 is 6.03 Å². The van der Waals surface area contributed by atoms with Gasteiger partial charge in [-0.1, -0.05) is 31.9 Å². The van der Waals surface area contributed by atoms with E-state index in [-0.39, 0.29) is 29.3 Å². The molecule has 2 N–H and O–H groups in total. The molecule has 2 atom stereocenters. The molecular formula is C26H36ClN7O2. The summed E-state index contributed by atoms with van der Waals surface area (Å²) in [4.78, 5) is 34.4. The zero-order chi connectivity index (χ0) is 25.4. The fourth-order valence-corrected chi connectivity index (χ4v) is 5.96. The maximum Gasteiger partial charge on any atom is 0.320 e. The Morgan fingerprint density at radius 2 is 1.89 bits per heavy atom. The molecule has 1 saturated heterocycles. The summed E-state index contributed by atoms with van der Waals surface area (Å²) in [5, 5.41) is 11.0. The smallest absolute Gasteiger partial charge is 0.320 e. The molecular weight excluding hydrogens is 478 g/mol. The van der Waals surface area contributed by atoms with Crippen molar-refractivity contribution in [1.82, 2.24) is 29.9 Å². The summed E-state index contributed by atoms with van der Waals surface area (Å²) >= 11 is 6.50. The molecule has 1 saturated carbocycles. The molecule has 0 radical (unpaired) electrons. The third-order valence-corrected chi connectivity index (χ3v) is 8.03. The highest BCUT2D eigenvalue weighted by molar-refractivity contribution is 6.33. The molecule has 36 heavy (non-hydrogen) atoms. The minimum Gasteiger partial charge on any atom is -0.340 e. The summed E-state index contributed by atoms with van der Waals surface area (Å²) in [6, 6.07) is 1.47. The van der Waals surface area contributed by atoms with E-state index >= 15 is 0 Å². The number of nitrogens with zero attached hydrogens (tertiary/aromatic N) is 5. The molecule has 1 aliphatic carbocycles. The van der Waals surface area contributed by atoms with Crippen LogP contribution in [0.5, 0.6) is 0 Å². The molecule has 5 rings (SSSR count). The van der Waals surface area contributed by atoms with Crippen molar-refractivity contribution in [3.63, 3.8) is 0 Å². The number of piperazine rings is 1. The number of halogens is 1. The van der Waals surface area contributed by atoms with Crippen LogP contribution in [-0.2, 0) is 17.8 Å². The first-order valence-corrected chi connectivity index (χ1v) is 13.3. The van der Waals surface area contributed by atoms with Gasteiger partial charge in [-0.25, -0.2) is 9.78 Å². The molecule has 2 aliphatic heterocycles. The number of hydrogen-bond donors (Lipinski definition) is 2. The lowest BCUT2D eigenvalue weighted by atomic mass is 9.84. The van der Waals surface area contributed by atoms with Gasteiger partial charge in [0.05, 0.1) is 11.2 Å². The van der Waals surface area contributed by atoms with Crippen molar-refractivity contribution in [2.45, 2.75) is 58.5 Å². The molecule has 194 valence electrons. The number of urea groups is 1. The minimum atomic E-state index is -0.310. The van der Waals surface area contributed by atoms with Gasteiger partial charge in [0, 0.05) is 67.7 Å². The summed E-state index contributed by atoms with van der Waals surface area (Å²) < 4.78 is 2.04. The van der Waals surface area contributed by atoms with Crippen molar-refractivity contribution >= 4 is 29.4 Å². The second kappa shape index (κ2) is 10.0. The number of pyridine rings is 1. The highest BCUT2D eigenvalue weighted by Crippen LogP contribution is 2.39. The first-order valence-electron chi connectivity index (χ1n) is 12.9. The van der Waals surface area contributed by atoms with Gasteiger partial charge in [0.25, 0.3) is 0 Å². The SMILES string of the molecule is CN1CCN(C(=O)[C@H]2CCC[C@@H](NC(=O)Nc3cc(-c4cnn5c4CC(C)(C)C5)c(Cl)cn3)C2)CC1. The normalized spacial score (nSPS) is 23.8. The summed E-state index contributed by atoms with van der Waals surface area (Å²) in [6.45, 7) is 8.73. The quantitative estimate of drug-likeness (QED) is 0.651. The number of carbonyl (C=O) groups excluding carboxylic acids is 2. The van der Waals surface area contributed by atoms with Crippen LogP contribution in [-0.4, -0.2) is 75.8 Å². The van der Waals surface area contributed by atoms with Crippen LogP contribution in [0.1, 0.15) is 45.2 Å². The Morgan fingerprint density at radius 3 is 2.67 bits per heavy atom. The summed E-state index contributed by atoms with van der Waals surface area (Å²) in [6.07, 6.45) is 7.70. The van der Waals surface area contributed by atoms with Crippen molar-refractivity contribution in [2.24, 2.45) is 11.3 Å². The van der Waals surface area contributed by atoms with Gasteiger partial charge in [0.1, 0.15) is 5.82 Å². The number of anilines is 1. The molecule has 2 aromatic rings. The second-order valence-corrected chi connectivity index (χ2v) is 11.7. The average Bonchev–Trinajstić information content (AvgIpc) is 3.35. The van der Waals surface area contributed by atoms with Crippen LogP contribution in [0.25, 0.3) is 11.1 Å². The van der Waals surface area contributed by atoms with E-state index in [9.17, 15) is 9.59 Å². The first kappa shape index (κ1) is 25.0. The van der Waals surface area contributed by atoms with E-state index in [0.717, 1.165) is 75.2 Å². The van der Waals surface area contributed by atoms with Crippen molar-refractivity contribution in [2.75, 3.05) is 38.5 Å². The number of fused-ring (bicyclic) bond motifs is 1. The van der Waals surface area contributed by atoms with Crippen molar-refractivity contribution in [3.8, 4) is 11.1 Å². The van der Waals surface area contributed by atoms with Crippen LogP contribution < -0.4 is 10.6 Å². The molecule has 10 heteroatoms. The molecule has 2 fully saturated rings. The number of hydrogen-bond acceptors (Lipinski definition) is 5. The number of carbonyl (C=O) groups is 2.